The van der Waals surface area contributed by atoms with Gasteiger partial charge in [-0.25, -0.2) is 4.79 Å². The Hall–Kier alpha value is -2.01. The number of amides is 3. The Labute approximate surface area is 124 Å². The molecule has 1 saturated carbocycles. The molecule has 0 aromatic heterocycles. The minimum atomic E-state index is -1.30. The summed E-state index contributed by atoms with van der Waals surface area (Å²) in [6.45, 7) is -0.889. The first-order valence-electron chi connectivity index (χ1n) is 5.91. The van der Waals surface area contributed by atoms with Crippen LogP contribution in [-0.2, 0) is 14.4 Å². The van der Waals surface area contributed by atoms with Crippen LogP contribution in [0.25, 0.3) is 0 Å². The first-order valence-corrected chi connectivity index (χ1v) is 6.43. The number of hydrogen-bond acceptors (Lipinski definition) is 6. The molecule has 1 rings (SSSR count). The Morgan fingerprint density at radius 1 is 1.29 bits per heavy atom. The Kier molecular flexibility index (Phi) is 5.38. The highest BCUT2D eigenvalue weighted by molar-refractivity contribution is 7.81. The molecule has 0 heterocycles. The van der Waals surface area contributed by atoms with E-state index in [0.717, 1.165) is 0 Å². The van der Waals surface area contributed by atoms with E-state index in [1.165, 1.54) is 0 Å². The van der Waals surface area contributed by atoms with Crippen LogP contribution in [0, 0.1) is 0 Å². The van der Waals surface area contributed by atoms with Gasteiger partial charge in [-0.3, -0.25) is 14.4 Å². The third kappa shape index (κ3) is 4.49. The molecular formula is C10H16N4O6S. The average molecular weight is 320 g/mol. The van der Waals surface area contributed by atoms with Crippen LogP contribution in [0.3, 0.4) is 0 Å². The van der Waals surface area contributed by atoms with E-state index in [0.29, 0.717) is 0 Å². The van der Waals surface area contributed by atoms with Crippen LogP contribution in [0.2, 0.25) is 0 Å². The van der Waals surface area contributed by atoms with E-state index in [9.17, 15) is 19.2 Å². The molecule has 11 heteroatoms. The molecule has 3 amide bonds. The molecule has 1 aliphatic carbocycles. The molecule has 7 N–H and O–H groups in total. The van der Waals surface area contributed by atoms with Crippen molar-refractivity contribution in [1.82, 2.24) is 16.0 Å². The van der Waals surface area contributed by atoms with E-state index in [2.05, 4.69) is 28.6 Å². The summed E-state index contributed by atoms with van der Waals surface area (Å²) in [5.41, 5.74) is 3.91. The molecule has 0 bridgehead atoms. The first-order chi connectivity index (χ1) is 9.69. The summed E-state index contributed by atoms with van der Waals surface area (Å²) in [6, 6.07) is -2.05. The fraction of sp³-hybridized carbons (Fsp3) is 0.600. The second-order valence-electron chi connectivity index (χ2n) is 4.55. The minimum Gasteiger partial charge on any atom is -0.480 e. The number of nitrogens with one attached hydrogen (secondary N) is 3. The molecule has 10 nitrogen and oxygen atoms in total. The predicted octanol–water partition coefficient (Wildman–Crippen LogP) is -2.66. The van der Waals surface area contributed by atoms with Crippen molar-refractivity contribution in [3.05, 3.63) is 0 Å². The molecular weight excluding hydrogens is 304 g/mol. The van der Waals surface area contributed by atoms with Crippen LogP contribution in [-0.4, -0.2) is 64.0 Å². The van der Waals surface area contributed by atoms with Gasteiger partial charge in [0.1, 0.15) is 18.1 Å². The average Bonchev–Trinajstić information content (AvgIpc) is 3.04. The van der Waals surface area contributed by atoms with E-state index in [1.807, 2.05) is 0 Å². The number of urea groups is 1. The summed E-state index contributed by atoms with van der Waals surface area (Å²) in [5, 5.41) is 23.3. The second kappa shape index (κ2) is 6.63. The highest BCUT2D eigenvalue weighted by atomic mass is 32.1. The molecule has 0 spiro atoms. The third-order valence-corrected chi connectivity index (χ3v) is 3.49. The maximum atomic E-state index is 11.8. The van der Waals surface area contributed by atoms with Gasteiger partial charge in [-0.2, -0.15) is 12.6 Å². The van der Waals surface area contributed by atoms with Gasteiger partial charge in [0.15, 0.2) is 0 Å². The lowest BCUT2D eigenvalue weighted by molar-refractivity contribution is -0.138. The quantitative estimate of drug-likeness (QED) is 0.251. The van der Waals surface area contributed by atoms with Crippen molar-refractivity contribution >= 4 is 36.5 Å². The van der Waals surface area contributed by atoms with E-state index in [4.69, 9.17) is 15.9 Å². The van der Waals surface area contributed by atoms with Crippen molar-refractivity contribution in [3.63, 3.8) is 0 Å². The molecule has 3 atom stereocenters. The monoisotopic (exact) mass is 320 g/mol. The third-order valence-electron chi connectivity index (χ3n) is 2.87. The van der Waals surface area contributed by atoms with E-state index < -0.39 is 47.3 Å². The number of carboxylic acid groups (broad SMARTS) is 2. The Balaban J connectivity index is 2.50. The summed E-state index contributed by atoms with van der Waals surface area (Å²) in [6.07, 6.45) is 0.236. The number of hydrogen-bond donors (Lipinski definition) is 7. The van der Waals surface area contributed by atoms with Gasteiger partial charge >= 0.3 is 18.0 Å². The Morgan fingerprint density at radius 2 is 1.86 bits per heavy atom. The van der Waals surface area contributed by atoms with Crippen LogP contribution in [0.5, 0.6) is 0 Å². The van der Waals surface area contributed by atoms with Gasteiger partial charge in [0.2, 0.25) is 5.91 Å². The summed E-state index contributed by atoms with van der Waals surface area (Å²) in [4.78, 5) is 44.3. The van der Waals surface area contributed by atoms with E-state index in [1.54, 1.807) is 0 Å². The number of carbonyl (C=O) groups is 4. The number of nitrogens with two attached hydrogens (primary N) is 1. The number of thiol groups is 1. The zero-order valence-corrected chi connectivity index (χ0v) is 11.7. The Bertz CT molecular complexity index is 472. The fourth-order valence-corrected chi connectivity index (χ4v) is 2.00. The topological polar surface area (TPSA) is 171 Å². The van der Waals surface area contributed by atoms with Gasteiger partial charge < -0.3 is 31.9 Å². The summed E-state index contributed by atoms with van der Waals surface area (Å²) < 4.78 is 0. The summed E-state index contributed by atoms with van der Waals surface area (Å²) in [5.74, 6) is -3.16. The fourth-order valence-electron chi connectivity index (χ4n) is 1.53. The van der Waals surface area contributed by atoms with E-state index in [-0.39, 0.29) is 13.0 Å². The van der Waals surface area contributed by atoms with Crippen LogP contribution in [0.15, 0.2) is 0 Å². The van der Waals surface area contributed by atoms with Crippen molar-refractivity contribution in [1.29, 1.82) is 0 Å². The van der Waals surface area contributed by atoms with Crippen molar-refractivity contribution in [2.75, 3.05) is 13.1 Å². The maximum Gasteiger partial charge on any atom is 0.322 e. The predicted molar refractivity (Wildman–Crippen MR) is 72.9 cm³/mol. The van der Waals surface area contributed by atoms with Gasteiger partial charge in [0, 0.05) is 11.8 Å². The second-order valence-corrected chi connectivity index (χ2v) is 5.17. The van der Waals surface area contributed by atoms with Crippen LogP contribution in [0.4, 0.5) is 4.79 Å². The number of carbonyl (C=O) groups excluding carboxylic acids is 2. The molecule has 0 radical (unpaired) electrons. The largest absolute Gasteiger partial charge is 0.480 e. The minimum absolute atomic E-state index is 0.236. The lowest BCUT2D eigenvalue weighted by Gasteiger charge is -2.18. The smallest absolute Gasteiger partial charge is 0.322 e. The molecule has 0 aromatic carbocycles. The van der Waals surface area contributed by atoms with Gasteiger partial charge in [0.05, 0.1) is 0 Å². The molecule has 0 aliphatic heterocycles. The molecule has 0 saturated heterocycles. The SMILES string of the molecule is N[C@@H](CNC(=O)NC1(C(=O)NCC(=O)O)CC1S)C(=O)O. The highest BCUT2D eigenvalue weighted by Crippen LogP contribution is 2.41. The molecule has 118 valence electrons. The lowest BCUT2D eigenvalue weighted by Crippen LogP contribution is -2.55. The van der Waals surface area contributed by atoms with Gasteiger partial charge in [-0.15, -0.1) is 0 Å². The molecule has 1 aliphatic rings. The summed E-state index contributed by atoms with van der Waals surface area (Å²) >= 11 is 4.09. The zero-order chi connectivity index (χ0) is 16.2. The number of aliphatic carboxylic acids is 2. The van der Waals surface area contributed by atoms with Crippen molar-refractivity contribution < 1.29 is 29.4 Å². The van der Waals surface area contributed by atoms with Gasteiger partial charge in [0.25, 0.3) is 0 Å². The van der Waals surface area contributed by atoms with Gasteiger partial charge in [-0.1, -0.05) is 0 Å². The molecule has 0 aromatic rings. The normalized spacial score (nSPS) is 24.6. The van der Waals surface area contributed by atoms with E-state index >= 15 is 0 Å². The standard InChI is InChI=1S/C10H16N4O6S/c11-4(7(17)18)2-13-9(20)14-10(1-5(10)21)8(19)12-3-6(15)16/h4-5,21H,1-3,11H2,(H,12,19)(H,15,16)(H,17,18)(H2,13,14,20)/t4-,5?,10?/m0/s1. The molecule has 21 heavy (non-hydrogen) atoms. The number of carboxylic acids is 2. The zero-order valence-electron chi connectivity index (χ0n) is 10.8. The summed E-state index contributed by atoms with van der Waals surface area (Å²) in [7, 11) is 0. The molecule has 1 fully saturated rings. The van der Waals surface area contributed by atoms with Crippen LogP contribution < -0.4 is 21.7 Å². The number of rotatable bonds is 7. The van der Waals surface area contributed by atoms with Crippen LogP contribution in [0.1, 0.15) is 6.42 Å². The highest BCUT2D eigenvalue weighted by Gasteiger charge is 2.59. The van der Waals surface area contributed by atoms with Crippen molar-refractivity contribution in [2.45, 2.75) is 23.3 Å². The Morgan fingerprint density at radius 3 is 2.29 bits per heavy atom. The lowest BCUT2D eigenvalue weighted by atomic mass is 10.2. The first kappa shape index (κ1) is 17.0. The molecule has 2 unspecified atom stereocenters. The van der Waals surface area contributed by atoms with Gasteiger partial charge in [-0.05, 0) is 6.42 Å². The maximum absolute atomic E-state index is 11.8. The van der Waals surface area contributed by atoms with Crippen LogP contribution >= 0.6 is 12.6 Å². The van der Waals surface area contributed by atoms with Crippen molar-refractivity contribution in [2.24, 2.45) is 5.73 Å². The van der Waals surface area contributed by atoms with Crippen molar-refractivity contribution in [3.8, 4) is 0 Å².